The Balaban J connectivity index is 2.76. The monoisotopic (exact) mass is 265 g/mol. The van der Waals surface area contributed by atoms with E-state index in [0.29, 0.717) is 4.78 Å². The maximum atomic E-state index is 10.1. The summed E-state index contributed by atoms with van der Waals surface area (Å²) in [6.07, 6.45) is 1.66. The van der Waals surface area contributed by atoms with E-state index >= 15 is 0 Å². The van der Waals surface area contributed by atoms with Gasteiger partial charge in [-0.05, 0) is 38.8 Å². The van der Waals surface area contributed by atoms with Crippen LogP contribution < -0.4 is 4.78 Å². The summed E-state index contributed by atoms with van der Waals surface area (Å²) in [7, 11) is -1.48. The van der Waals surface area contributed by atoms with Crippen molar-refractivity contribution < 1.29 is 15.2 Å². The van der Waals surface area contributed by atoms with Gasteiger partial charge in [-0.15, -0.1) is 11.3 Å². The maximum Gasteiger partial charge on any atom is 0.499 e. The van der Waals surface area contributed by atoms with E-state index in [0.717, 1.165) is 26.9 Å². The minimum absolute atomic E-state index is 0.508. The highest BCUT2D eigenvalue weighted by Crippen LogP contribution is 2.31. The van der Waals surface area contributed by atoms with Crippen molar-refractivity contribution in [2.75, 3.05) is 0 Å². The molecule has 0 spiro atoms. The number of pyridine rings is 1. The second-order valence-corrected chi connectivity index (χ2v) is 6.05. The first-order chi connectivity index (χ1) is 8.23. The molecule has 0 fully saturated rings. The number of hydrogen-bond acceptors (Lipinski definition) is 5. The van der Waals surface area contributed by atoms with Gasteiger partial charge in [-0.25, -0.2) is 0 Å². The summed E-state index contributed by atoms with van der Waals surface area (Å²) in [5.74, 6) is 0. The van der Waals surface area contributed by atoms with E-state index < -0.39 is 12.7 Å². The summed E-state index contributed by atoms with van der Waals surface area (Å²) in [6, 6.07) is 0. The molecular weight excluding hydrogens is 249 g/mol. The Labute approximate surface area is 110 Å². The smallest absolute Gasteiger partial charge is 0.423 e. The van der Waals surface area contributed by atoms with Gasteiger partial charge in [0.1, 0.15) is 0 Å². The molecule has 18 heavy (non-hydrogen) atoms. The van der Waals surface area contributed by atoms with Crippen LogP contribution in [0.3, 0.4) is 0 Å². The third kappa shape index (κ3) is 2.05. The fourth-order valence-electron chi connectivity index (χ4n) is 2.14. The number of rotatable bonds is 2. The zero-order valence-electron chi connectivity index (χ0n) is 10.9. The molecule has 96 valence electrons. The second-order valence-electron chi connectivity index (χ2n) is 5.00. The zero-order chi connectivity index (χ0) is 13.7. The minimum Gasteiger partial charge on any atom is -0.423 e. The van der Waals surface area contributed by atoms with Crippen molar-refractivity contribution in [2.24, 2.45) is 0 Å². The summed E-state index contributed by atoms with van der Waals surface area (Å²) in [5.41, 5.74) is 2.30. The predicted octanol–water partition coefficient (Wildman–Crippen LogP) is 0.820. The highest BCUT2D eigenvalue weighted by Gasteiger charge is 2.25. The minimum atomic E-state index is -1.48. The van der Waals surface area contributed by atoms with E-state index in [4.69, 9.17) is 0 Å². The first-order valence-electron chi connectivity index (χ1n) is 5.71. The third-order valence-electron chi connectivity index (χ3n) is 3.11. The van der Waals surface area contributed by atoms with Crippen molar-refractivity contribution in [3.8, 4) is 0 Å². The second kappa shape index (κ2) is 4.31. The molecule has 2 rings (SSSR count). The Morgan fingerprint density at radius 2 is 1.83 bits per heavy atom. The highest BCUT2D eigenvalue weighted by atomic mass is 32.1. The molecule has 0 saturated carbocycles. The van der Waals surface area contributed by atoms with E-state index in [-0.39, 0.29) is 0 Å². The molecule has 2 aromatic heterocycles. The number of fused-ring (bicyclic) bond motifs is 1. The molecule has 0 radical (unpaired) electrons. The van der Waals surface area contributed by atoms with Crippen molar-refractivity contribution in [1.82, 2.24) is 4.98 Å². The molecule has 0 aliphatic rings. The van der Waals surface area contributed by atoms with Crippen molar-refractivity contribution in [1.29, 1.82) is 0 Å². The molecule has 3 N–H and O–H groups in total. The van der Waals surface area contributed by atoms with Gasteiger partial charge in [0.05, 0.1) is 15.8 Å². The number of thiophene rings is 1. The Hall–Kier alpha value is -0.945. The lowest BCUT2D eigenvalue weighted by atomic mass is 9.86. The lowest BCUT2D eigenvalue weighted by Crippen LogP contribution is -2.28. The quantitative estimate of drug-likeness (QED) is 0.703. The fraction of sp³-hybridized carbons (Fsp3) is 0.417. The lowest BCUT2D eigenvalue weighted by Gasteiger charge is -2.20. The van der Waals surface area contributed by atoms with Gasteiger partial charge in [-0.1, -0.05) is 0 Å². The zero-order valence-corrected chi connectivity index (χ0v) is 11.7. The SMILES string of the molecule is Cc1c(B(O)O)sc2c(C)c(C(C)(C)O)cnc12. The summed E-state index contributed by atoms with van der Waals surface area (Å²) < 4.78 is 1.41. The number of hydrogen-bond donors (Lipinski definition) is 3. The van der Waals surface area contributed by atoms with Crippen LogP contribution in [0.1, 0.15) is 30.5 Å². The normalized spacial score (nSPS) is 12.2. The molecule has 0 aromatic carbocycles. The lowest BCUT2D eigenvalue weighted by molar-refractivity contribution is 0.0778. The molecule has 0 bridgehead atoms. The van der Waals surface area contributed by atoms with Crippen LogP contribution >= 0.6 is 11.3 Å². The number of aryl methyl sites for hydroxylation is 2. The van der Waals surface area contributed by atoms with Crippen molar-refractivity contribution in [3.63, 3.8) is 0 Å². The molecule has 4 nitrogen and oxygen atoms in total. The Morgan fingerprint density at radius 3 is 2.33 bits per heavy atom. The Kier molecular flexibility index (Phi) is 3.23. The topological polar surface area (TPSA) is 73.6 Å². The van der Waals surface area contributed by atoms with E-state index in [9.17, 15) is 15.2 Å². The Bertz CT molecular complexity index is 601. The van der Waals surface area contributed by atoms with Crippen molar-refractivity contribution in [3.05, 3.63) is 22.9 Å². The van der Waals surface area contributed by atoms with Gasteiger partial charge < -0.3 is 15.2 Å². The number of nitrogens with zero attached hydrogens (tertiary/aromatic N) is 1. The average Bonchev–Trinajstić information content (AvgIpc) is 2.56. The van der Waals surface area contributed by atoms with Crippen molar-refractivity contribution in [2.45, 2.75) is 33.3 Å². The predicted molar refractivity (Wildman–Crippen MR) is 74.2 cm³/mol. The summed E-state index contributed by atoms with van der Waals surface area (Å²) in [6.45, 7) is 7.17. The number of aliphatic hydroxyl groups is 1. The van der Waals surface area contributed by atoms with Crippen LogP contribution in [0.4, 0.5) is 0 Å². The third-order valence-corrected chi connectivity index (χ3v) is 4.55. The number of aromatic nitrogens is 1. The van der Waals surface area contributed by atoms with Gasteiger partial charge in [-0.2, -0.15) is 0 Å². The van der Waals surface area contributed by atoms with Gasteiger partial charge in [0.2, 0.25) is 0 Å². The van der Waals surface area contributed by atoms with Gasteiger partial charge >= 0.3 is 7.12 Å². The van der Waals surface area contributed by atoms with Crippen LogP contribution in [0.5, 0.6) is 0 Å². The molecule has 2 heterocycles. The van der Waals surface area contributed by atoms with Crippen LogP contribution in [0.15, 0.2) is 6.20 Å². The van der Waals surface area contributed by atoms with Gasteiger partial charge in [0.15, 0.2) is 0 Å². The van der Waals surface area contributed by atoms with Gasteiger partial charge in [-0.3, -0.25) is 4.98 Å². The molecule has 6 heteroatoms. The average molecular weight is 265 g/mol. The van der Waals surface area contributed by atoms with E-state index in [1.54, 1.807) is 20.0 Å². The molecule has 0 aliphatic heterocycles. The van der Waals surface area contributed by atoms with Gasteiger partial charge in [0.25, 0.3) is 0 Å². The Morgan fingerprint density at radius 1 is 1.22 bits per heavy atom. The first-order valence-corrected chi connectivity index (χ1v) is 6.52. The van der Waals surface area contributed by atoms with Crippen molar-refractivity contribution >= 4 is 33.4 Å². The van der Waals surface area contributed by atoms with Crippen LogP contribution in [0.25, 0.3) is 10.2 Å². The summed E-state index contributed by atoms with van der Waals surface area (Å²) in [4.78, 5) is 4.34. The molecule has 0 unspecified atom stereocenters. The highest BCUT2D eigenvalue weighted by molar-refractivity contribution is 7.28. The van der Waals surface area contributed by atoms with E-state index in [1.165, 1.54) is 11.3 Å². The maximum absolute atomic E-state index is 10.1. The first kappa shape index (κ1) is 13.5. The van der Waals surface area contributed by atoms with E-state index in [1.807, 2.05) is 13.8 Å². The molecule has 2 aromatic rings. The molecular formula is C12H16BNO3S. The molecule has 0 saturated heterocycles. The summed E-state index contributed by atoms with van der Waals surface area (Å²) >= 11 is 1.32. The van der Waals surface area contributed by atoms with Crippen LogP contribution in [0.2, 0.25) is 0 Å². The fourth-order valence-corrected chi connectivity index (χ4v) is 3.28. The van der Waals surface area contributed by atoms with Crippen LogP contribution in [0, 0.1) is 13.8 Å². The van der Waals surface area contributed by atoms with Crippen LogP contribution in [-0.4, -0.2) is 27.3 Å². The van der Waals surface area contributed by atoms with E-state index in [2.05, 4.69) is 4.98 Å². The van der Waals surface area contributed by atoms with Crippen LogP contribution in [-0.2, 0) is 5.60 Å². The molecule has 0 amide bonds. The molecule has 0 atom stereocenters. The standard InChI is InChI=1S/C12H16BNO3S/c1-6-8(12(3,4)15)5-14-9-7(2)11(13(16)17)18-10(6)9/h5,15-17H,1-4H3. The largest absolute Gasteiger partial charge is 0.499 e. The summed E-state index contributed by atoms with van der Waals surface area (Å²) in [5, 5.41) is 28.7. The molecule has 0 aliphatic carbocycles. The van der Waals surface area contributed by atoms with Gasteiger partial charge in [0, 0.05) is 16.5 Å².